The predicted octanol–water partition coefficient (Wildman–Crippen LogP) is 3.45. The molecule has 0 amide bonds. The average molecular weight is 493 g/mol. The van der Waals surface area contributed by atoms with Gasteiger partial charge in [0, 0.05) is 56.3 Å². The molecule has 0 aliphatic carbocycles. The number of nitrogens with zero attached hydrogens (tertiary/aromatic N) is 6. The van der Waals surface area contributed by atoms with Crippen molar-refractivity contribution in [2.45, 2.75) is 24.9 Å². The molecule has 9 nitrogen and oxygen atoms in total. The van der Waals surface area contributed by atoms with Crippen LogP contribution >= 0.6 is 0 Å². The van der Waals surface area contributed by atoms with Gasteiger partial charge < -0.3 is 20.7 Å². The van der Waals surface area contributed by atoms with Gasteiger partial charge in [0.15, 0.2) is 0 Å². The first-order valence-electron chi connectivity index (χ1n) is 12.2. The van der Waals surface area contributed by atoms with Crippen molar-refractivity contribution in [2.24, 2.45) is 0 Å². The van der Waals surface area contributed by atoms with Crippen molar-refractivity contribution in [1.82, 2.24) is 24.9 Å². The number of hydrogen-bond acceptors (Lipinski definition) is 8. The van der Waals surface area contributed by atoms with E-state index in [9.17, 15) is 10.4 Å². The van der Waals surface area contributed by atoms with E-state index < -0.39 is 5.60 Å². The number of nitrogens with one attached hydrogen (secondary N) is 2. The van der Waals surface area contributed by atoms with Crippen LogP contribution in [0, 0.1) is 16.7 Å². The fraction of sp³-hybridized carbons (Fsp3) is 0.250. The molecule has 0 bridgehead atoms. The Morgan fingerprint density at radius 3 is 2.62 bits per heavy atom. The zero-order valence-electron chi connectivity index (χ0n) is 20.6. The summed E-state index contributed by atoms with van der Waals surface area (Å²) in [6, 6.07) is 16.2. The number of rotatable bonds is 7. The van der Waals surface area contributed by atoms with E-state index in [0.717, 1.165) is 16.9 Å². The normalized spacial score (nSPS) is 15.4. The quantitative estimate of drug-likeness (QED) is 0.337. The number of benzene rings is 1. The number of aromatic nitrogens is 4. The Morgan fingerprint density at radius 1 is 1.19 bits per heavy atom. The van der Waals surface area contributed by atoms with Gasteiger partial charge in [0.1, 0.15) is 23.0 Å². The van der Waals surface area contributed by atoms with E-state index in [4.69, 9.17) is 15.4 Å². The third kappa shape index (κ3) is 4.92. The first kappa shape index (κ1) is 24.2. The first-order chi connectivity index (χ1) is 18.0. The number of aliphatic hydroxyl groups is 1. The van der Waals surface area contributed by atoms with Gasteiger partial charge >= 0.3 is 0 Å². The maximum Gasteiger partial charge on any atom is 0.128 e. The second kappa shape index (κ2) is 10.2. The molecule has 1 aromatic carbocycles. The molecule has 4 heterocycles. The van der Waals surface area contributed by atoms with Gasteiger partial charge in [-0.3, -0.25) is 0 Å². The summed E-state index contributed by atoms with van der Waals surface area (Å²) in [5.41, 5.74) is 3.91. The monoisotopic (exact) mass is 492 g/mol. The van der Waals surface area contributed by atoms with Crippen molar-refractivity contribution in [1.29, 1.82) is 10.7 Å². The molecule has 186 valence electrons. The van der Waals surface area contributed by atoms with Crippen LogP contribution in [0.5, 0.6) is 0 Å². The molecule has 1 fully saturated rings. The molecule has 9 heteroatoms. The van der Waals surface area contributed by atoms with E-state index in [1.54, 1.807) is 30.2 Å². The number of fused-ring (bicyclic) bond motifs is 1. The molecule has 3 N–H and O–H groups in total. The highest BCUT2D eigenvalue weighted by molar-refractivity contribution is 6.07. The van der Waals surface area contributed by atoms with Crippen LogP contribution in [-0.2, 0) is 6.42 Å². The van der Waals surface area contributed by atoms with Crippen molar-refractivity contribution in [3.8, 4) is 17.3 Å². The largest absolute Gasteiger partial charge is 0.393 e. The highest BCUT2D eigenvalue weighted by Crippen LogP contribution is 2.31. The van der Waals surface area contributed by atoms with E-state index in [2.05, 4.69) is 33.5 Å². The summed E-state index contributed by atoms with van der Waals surface area (Å²) in [5, 5.41) is 35.8. The standard InChI is InChI=1S/C28H28N8O/c1-31-16-22(14-29)24-19-36-27(23(15-30)18-33-36)26(34-24)21-7-8-25(32-17-21)35-11-9-28(37,10-12-35)13-20-5-3-2-4-6-20/h2-8,14,16-19,29,31,37H,9-13H2,1H3/b22-16+,29-14?. The van der Waals surface area contributed by atoms with Crippen molar-refractivity contribution in [3.63, 3.8) is 0 Å². The molecule has 0 radical (unpaired) electrons. The van der Waals surface area contributed by atoms with E-state index in [-0.39, 0.29) is 0 Å². The molecule has 37 heavy (non-hydrogen) atoms. The first-order valence-corrected chi connectivity index (χ1v) is 12.2. The molecule has 4 aromatic rings. The Balaban J connectivity index is 1.40. The van der Waals surface area contributed by atoms with Crippen LogP contribution in [-0.4, -0.2) is 56.6 Å². The number of anilines is 1. The maximum absolute atomic E-state index is 11.1. The van der Waals surface area contributed by atoms with Gasteiger partial charge in [-0.1, -0.05) is 30.3 Å². The minimum atomic E-state index is -0.711. The minimum Gasteiger partial charge on any atom is -0.393 e. The summed E-state index contributed by atoms with van der Waals surface area (Å²) < 4.78 is 1.62. The lowest BCUT2D eigenvalue weighted by molar-refractivity contribution is 0.0164. The van der Waals surface area contributed by atoms with Crippen molar-refractivity contribution >= 4 is 23.1 Å². The van der Waals surface area contributed by atoms with E-state index in [1.165, 1.54) is 12.4 Å². The number of nitriles is 1. The highest BCUT2D eigenvalue weighted by atomic mass is 16.3. The number of allylic oxidation sites excluding steroid dienone is 1. The molecule has 0 spiro atoms. The molecule has 5 rings (SSSR count). The summed E-state index contributed by atoms with van der Waals surface area (Å²) >= 11 is 0. The highest BCUT2D eigenvalue weighted by Gasteiger charge is 2.32. The molecule has 1 aliphatic rings. The van der Waals surface area contributed by atoms with Crippen LogP contribution in [0.25, 0.3) is 22.3 Å². The summed E-state index contributed by atoms with van der Waals surface area (Å²) in [5.74, 6) is 0.835. The lowest BCUT2D eigenvalue weighted by Gasteiger charge is -2.39. The van der Waals surface area contributed by atoms with Gasteiger partial charge in [-0.15, -0.1) is 0 Å². The SMILES string of the molecule is CN/C=C(\C=N)c1cn2ncc(C#N)c2c(-c2ccc(N3CCC(O)(Cc4ccccc4)CC3)nc2)n1. The number of pyridine rings is 1. The third-order valence-corrected chi connectivity index (χ3v) is 6.78. The van der Waals surface area contributed by atoms with Crippen LogP contribution in [0.4, 0.5) is 5.82 Å². The van der Waals surface area contributed by atoms with Crippen LogP contribution in [0.2, 0.25) is 0 Å². The van der Waals surface area contributed by atoms with E-state index in [1.807, 2.05) is 30.3 Å². The van der Waals surface area contributed by atoms with Crippen molar-refractivity contribution in [3.05, 3.63) is 84.1 Å². The molecule has 0 unspecified atom stereocenters. The van der Waals surface area contributed by atoms with Crippen molar-refractivity contribution < 1.29 is 5.11 Å². The second-order valence-electron chi connectivity index (χ2n) is 9.25. The average Bonchev–Trinajstić information content (AvgIpc) is 3.35. The van der Waals surface area contributed by atoms with Crippen molar-refractivity contribution in [2.75, 3.05) is 25.0 Å². The fourth-order valence-corrected chi connectivity index (χ4v) is 4.80. The van der Waals surface area contributed by atoms with Gasteiger partial charge in [-0.2, -0.15) is 10.4 Å². The minimum absolute atomic E-state index is 0.417. The summed E-state index contributed by atoms with van der Waals surface area (Å²) in [4.78, 5) is 11.7. The predicted molar refractivity (Wildman–Crippen MR) is 143 cm³/mol. The van der Waals surface area contributed by atoms with Crippen LogP contribution < -0.4 is 10.2 Å². The number of piperidine rings is 1. The lowest BCUT2D eigenvalue weighted by atomic mass is 9.85. The smallest absolute Gasteiger partial charge is 0.128 e. The third-order valence-electron chi connectivity index (χ3n) is 6.78. The number of hydrogen-bond donors (Lipinski definition) is 3. The van der Waals surface area contributed by atoms with Gasteiger partial charge in [0.05, 0.1) is 29.4 Å². The van der Waals surface area contributed by atoms with E-state index in [0.29, 0.717) is 60.4 Å². The topological polar surface area (TPSA) is 126 Å². The molecule has 1 aliphatic heterocycles. The molecule has 1 saturated heterocycles. The molecule has 3 aromatic heterocycles. The fourth-order valence-electron chi connectivity index (χ4n) is 4.80. The molecule has 0 saturated carbocycles. The van der Waals surface area contributed by atoms with Gasteiger partial charge in [0.25, 0.3) is 0 Å². The Labute approximate surface area is 215 Å². The maximum atomic E-state index is 11.1. The van der Waals surface area contributed by atoms with Crippen LogP contribution in [0.15, 0.2) is 67.3 Å². The Kier molecular flexibility index (Phi) is 6.66. The van der Waals surface area contributed by atoms with Gasteiger partial charge in [0.2, 0.25) is 0 Å². The lowest BCUT2D eigenvalue weighted by Crippen LogP contribution is -2.46. The zero-order valence-corrected chi connectivity index (χ0v) is 20.6. The second-order valence-corrected chi connectivity index (χ2v) is 9.25. The van der Waals surface area contributed by atoms with Crippen LogP contribution in [0.1, 0.15) is 29.7 Å². The molecule has 0 atom stereocenters. The summed E-state index contributed by atoms with van der Waals surface area (Å²) in [6.07, 6.45) is 9.88. The van der Waals surface area contributed by atoms with Crippen LogP contribution in [0.3, 0.4) is 0 Å². The Hall–Kier alpha value is -4.55. The van der Waals surface area contributed by atoms with Gasteiger partial charge in [-0.05, 0) is 30.5 Å². The summed E-state index contributed by atoms with van der Waals surface area (Å²) in [7, 11) is 1.76. The molecular formula is C28H28N8O. The molecular weight excluding hydrogens is 464 g/mol. The Bertz CT molecular complexity index is 1480. The van der Waals surface area contributed by atoms with Gasteiger partial charge in [-0.25, -0.2) is 14.5 Å². The Morgan fingerprint density at radius 2 is 1.97 bits per heavy atom. The van der Waals surface area contributed by atoms with E-state index >= 15 is 0 Å². The zero-order chi connectivity index (χ0) is 25.8. The summed E-state index contributed by atoms with van der Waals surface area (Å²) in [6.45, 7) is 1.43.